The number of nitrogens with zero attached hydrogens (tertiary/aromatic N) is 7. The highest BCUT2D eigenvalue weighted by molar-refractivity contribution is 5.91. The third-order valence-corrected chi connectivity index (χ3v) is 4.61. The summed E-state index contributed by atoms with van der Waals surface area (Å²) in [7, 11) is 3.95. The highest BCUT2D eigenvalue weighted by Crippen LogP contribution is 2.27. The highest BCUT2D eigenvalue weighted by atomic mass is 19.1. The molecule has 0 atom stereocenters. The topological polar surface area (TPSA) is 61.3 Å². The van der Waals surface area contributed by atoms with Crippen molar-refractivity contribution >= 4 is 28.2 Å². The first-order valence-corrected chi connectivity index (χ1v) is 8.51. The van der Waals surface area contributed by atoms with Gasteiger partial charge in [0.25, 0.3) is 0 Å². The van der Waals surface area contributed by atoms with Gasteiger partial charge in [-0.1, -0.05) is 0 Å². The molecule has 3 aromatic rings. The molecule has 0 spiro atoms. The first-order chi connectivity index (χ1) is 12.6. The fourth-order valence-electron chi connectivity index (χ4n) is 3.30. The van der Waals surface area contributed by atoms with Crippen molar-refractivity contribution in [2.75, 3.05) is 55.0 Å². The predicted molar refractivity (Wildman–Crippen MR) is 100 cm³/mol. The van der Waals surface area contributed by atoms with Crippen LogP contribution in [0.3, 0.4) is 0 Å². The lowest BCUT2D eigenvalue weighted by molar-refractivity contribution is 0.583. The minimum atomic E-state index is -0.376. The Bertz CT molecular complexity index is 922. The molecule has 26 heavy (non-hydrogen) atoms. The van der Waals surface area contributed by atoms with Crippen LogP contribution in [0.15, 0.2) is 37.1 Å². The number of aromatic nitrogens is 4. The summed E-state index contributed by atoms with van der Waals surface area (Å²) in [5.41, 5.74) is 2.05. The number of hydrogen-bond acceptors (Lipinski definition) is 7. The van der Waals surface area contributed by atoms with Crippen molar-refractivity contribution in [3.8, 4) is 0 Å². The Morgan fingerprint density at radius 2 is 1.73 bits per heavy atom. The van der Waals surface area contributed by atoms with Crippen molar-refractivity contribution in [3.05, 3.63) is 42.9 Å². The predicted octanol–water partition coefficient (Wildman–Crippen LogP) is 1.95. The molecule has 1 aromatic carbocycles. The summed E-state index contributed by atoms with van der Waals surface area (Å²) in [5.74, 6) is 0.902. The Morgan fingerprint density at radius 3 is 2.46 bits per heavy atom. The van der Waals surface area contributed by atoms with E-state index in [2.05, 4.69) is 37.0 Å². The van der Waals surface area contributed by atoms with Gasteiger partial charge in [-0.25, -0.2) is 24.3 Å². The van der Waals surface area contributed by atoms with E-state index in [4.69, 9.17) is 0 Å². The zero-order valence-corrected chi connectivity index (χ0v) is 14.8. The Morgan fingerprint density at radius 1 is 0.962 bits per heavy atom. The van der Waals surface area contributed by atoms with Gasteiger partial charge in [0.2, 0.25) is 0 Å². The SMILES string of the molecule is CN(C)c1ncnc2ccc(N3CCN(c4ncncc4F)CC3)cc12. The third kappa shape index (κ3) is 2.98. The van der Waals surface area contributed by atoms with E-state index in [1.807, 2.05) is 30.0 Å². The fraction of sp³-hybridized carbons (Fsp3) is 0.333. The van der Waals surface area contributed by atoms with Gasteiger partial charge in [-0.2, -0.15) is 0 Å². The molecule has 0 saturated carbocycles. The first-order valence-electron chi connectivity index (χ1n) is 8.51. The van der Waals surface area contributed by atoms with Gasteiger partial charge < -0.3 is 14.7 Å². The summed E-state index contributed by atoms with van der Waals surface area (Å²) in [4.78, 5) is 22.8. The minimum absolute atomic E-state index is 0.376. The van der Waals surface area contributed by atoms with Gasteiger partial charge in [0, 0.05) is 51.3 Å². The van der Waals surface area contributed by atoms with E-state index in [1.54, 1.807) is 6.33 Å². The van der Waals surface area contributed by atoms with Gasteiger partial charge in [-0.15, -0.1) is 0 Å². The summed E-state index contributed by atoms with van der Waals surface area (Å²) < 4.78 is 13.9. The fourth-order valence-corrected chi connectivity index (χ4v) is 3.30. The van der Waals surface area contributed by atoms with Crippen molar-refractivity contribution in [3.63, 3.8) is 0 Å². The smallest absolute Gasteiger partial charge is 0.183 e. The molecule has 0 unspecified atom stereocenters. The molecule has 3 heterocycles. The maximum Gasteiger partial charge on any atom is 0.183 e. The lowest BCUT2D eigenvalue weighted by atomic mass is 10.1. The third-order valence-electron chi connectivity index (χ3n) is 4.61. The molecule has 1 aliphatic rings. The number of fused-ring (bicyclic) bond motifs is 1. The molecular weight excluding hydrogens is 333 g/mol. The van der Waals surface area contributed by atoms with Crippen LogP contribution < -0.4 is 14.7 Å². The van der Waals surface area contributed by atoms with Gasteiger partial charge in [0.15, 0.2) is 11.6 Å². The Kier molecular flexibility index (Phi) is 4.24. The lowest BCUT2D eigenvalue weighted by Crippen LogP contribution is -2.47. The van der Waals surface area contributed by atoms with E-state index >= 15 is 0 Å². The Hall–Kier alpha value is -3.03. The molecule has 1 saturated heterocycles. The number of anilines is 3. The van der Waals surface area contributed by atoms with Crippen molar-refractivity contribution < 1.29 is 4.39 Å². The van der Waals surface area contributed by atoms with Crippen LogP contribution in [0.25, 0.3) is 10.9 Å². The molecule has 0 bridgehead atoms. The molecule has 0 aliphatic carbocycles. The number of rotatable bonds is 3. The van der Waals surface area contributed by atoms with Gasteiger partial charge in [-0.3, -0.25) is 0 Å². The molecule has 1 fully saturated rings. The summed E-state index contributed by atoms with van der Waals surface area (Å²) in [6.07, 6.45) is 4.18. The number of benzene rings is 1. The molecule has 134 valence electrons. The van der Waals surface area contributed by atoms with E-state index in [-0.39, 0.29) is 5.82 Å². The molecule has 7 nitrogen and oxygen atoms in total. The summed E-state index contributed by atoms with van der Waals surface area (Å²) >= 11 is 0. The van der Waals surface area contributed by atoms with Crippen LogP contribution in [0.2, 0.25) is 0 Å². The van der Waals surface area contributed by atoms with Crippen LogP contribution in [0.1, 0.15) is 0 Å². The van der Waals surface area contributed by atoms with Crippen LogP contribution in [-0.4, -0.2) is 60.2 Å². The number of piperazine rings is 1. The summed E-state index contributed by atoms with van der Waals surface area (Å²) in [6.45, 7) is 3.00. The monoisotopic (exact) mass is 353 g/mol. The minimum Gasteiger partial charge on any atom is -0.368 e. The molecule has 1 aliphatic heterocycles. The van der Waals surface area contributed by atoms with Crippen molar-refractivity contribution in [2.45, 2.75) is 0 Å². The molecular formula is C18H20FN7. The lowest BCUT2D eigenvalue weighted by Gasteiger charge is -2.36. The van der Waals surface area contributed by atoms with Crippen LogP contribution in [0.5, 0.6) is 0 Å². The van der Waals surface area contributed by atoms with Gasteiger partial charge in [0.1, 0.15) is 18.5 Å². The highest BCUT2D eigenvalue weighted by Gasteiger charge is 2.21. The van der Waals surface area contributed by atoms with Crippen molar-refractivity contribution in [1.29, 1.82) is 0 Å². The van der Waals surface area contributed by atoms with E-state index in [0.29, 0.717) is 18.9 Å². The van der Waals surface area contributed by atoms with E-state index < -0.39 is 0 Å². The second-order valence-electron chi connectivity index (χ2n) is 6.46. The van der Waals surface area contributed by atoms with Crippen molar-refractivity contribution in [2.24, 2.45) is 0 Å². The van der Waals surface area contributed by atoms with E-state index in [0.717, 1.165) is 35.5 Å². The average molecular weight is 353 g/mol. The molecule has 0 N–H and O–H groups in total. The van der Waals surface area contributed by atoms with Gasteiger partial charge in [-0.05, 0) is 18.2 Å². The van der Waals surface area contributed by atoms with Crippen molar-refractivity contribution in [1.82, 2.24) is 19.9 Å². The molecule has 0 amide bonds. The molecule has 8 heteroatoms. The second kappa shape index (κ2) is 6.70. The largest absolute Gasteiger partial charge is 0.368 e. The number of halogens is 1. The zero-order chi connectivity index (χ0) is 18.1. The van der Waals surface area contributed by atoms with E-state index in [1.165, 1.54) is 12.5 Å². The maximum absolute atomic E-state index is 13.9. The van der Waals surface area contributed by atoms with Crippen LogP contribution >= 0.6 is 0 Å². The Labute approximate surface area is 151 Å². The molecule has 2 aromatic heterocycles. The second-order valence-corrected chi connectivity index (χ2v) is 6.46. The summed E-state index contributed by atoms with van der Waals surface area (Å²) in [5, 5.41) is 1.03. The quantitative estimate of drug-likeness (QED) is 0.713. The van der Waals surface area contributed by atoms with Gasteiger partial charge >= 0.3 is 0 Å². The zero-order valence-electron chi connectivity index (χ0n) is 14.8. The van der Waals surface area contributed by atoms with Crippen LogP contribution in [0.4, 0.5) is 21.7 Å². The maximum atomic E-state index is 13.9. The van der Waals surface area contributed by atoms with Crippen LogP contribution in [-0.2, 0) is 0 Å². The molecule has 4 rings (SSSR count). The molecule has 0 radical (unpaired) electrons. The normalized spacial score (nSPS) is 14.7. The van der Waals surface area contributed by atoms with Gasteiger partial charge in [0.05, 0.1) is 11.7 Å². The van der Waals surface area contributed by atoms with E-state index in [9.17, 15) is 4.39 Å². The number of hydrogen-bond donors (Lipinski definition) is 0. The average Bonchev–Trinajstić information content (AvgIpc) is 2.67. The standard InChI is InChI=1S/C18H20FN7/c1-24(2)17-14-9-13(3-4-16(14)21-12-23-17)25-5-7-26(8-6-25)18-15(19)10-20-11-22-18/h3-4,9-12H,5-8H2,1-2H3. The first kappa shape index (κ1) is 16.4. The Balaban J connectivity index is 1.56. The summed E-state index contributed by atoms with van der Waals surface area (Å²) in [6, 6.07) is 6.23. The van der Waals surface area contributed by atoms with Crippen LogP contribution in [0, 0.1) is 5.82 Å².